The summed E-state index contributed by atoms with van der Waals surface area (Å²) >= 11 is 6.00. The van der Waals surface area contributed by atoms with Crippen molar-refractivity contribution >= 4 is 29.1 Å². The monoisotopic (exact) mass is 209 g/mol. The first kappa shape index (κ1) is 9.61. The average Bonchev–Trinajstić information content (AvgIpc) is 1.97. The molecule has 0 aliphatic heterocycles. The highest BCUT2D eigenvalue weighted by Crippen LogP contribution is 2.35. The summed E-state index contributed by atoms with van der Waals surface area (Å²) in [7, 11) is 0. The van der Waals surface area contributed by atoms with Gasteiger partial charge in [0.15, 0.2) is 0 Å². The molecular formula is C7H6ClF2NS. The van der Waals surface area contributed by atoms with Crippen LogP contribution in [0.2, 0.25) is 5.02 Å². The molecule has 1 aromatic carbocycles. The van der Waals surface area contributed by atoms with E-state index in [0.29, 0.717) is 11.8 Å². The van der Waals surface area contributed by atoms with E-state index in [9.17, 15) is 8.78 Å². The minimum absolute atomic E-state index is 0.245. The van der Waals surface area contributed by atoms with Gasteiger partial charge in [0.05, 0.1) is 9.92 Å². The van der Waals surface area contributed by atoms with Crippen LogP contribution in [0.5, 0.6) is 0 Å². The normalized spacial score (nSPS) is 10.7. The fraction of sp³-hybridized carbons (Fsp3) is 0.143. The van der Waals surface area contributed by atoms with Crippen molar-refractivity contribution in [1.29, 1.82) is 0 Å². The molecule has 2 N–H and O–H groups in total. The summed E-state index contributed by atoms with van der Waals surface area (Å²) in [6, 6.07) is 4.69. The second-order valence-electron chi connectivity index (χ2n) is 2.04. The number of halogens is 3. The molecule has 66 valence electrons. The molecule has 0 spiro atoms. The third-order valence-electron chi connectivity index (χ3n) is 1.20. The number of rotatable bonds is 2. The lowest BCUT2D eigenvalue weighted by atomic mass is 10.3. The molecule has 0 atom stereocenters. The number of nitrogens with two attached hydrogens (primary N) is 1. The fourth-order valence-corrected chi connectivity index (χ4v) is 1.62. The molecule has 1 nitrogen and oxygen atoms in total. The Balaban J connectivity index is 2.96. The number of alkyl halides is 2. The Morgan fingerprint density at radius 2 is 2.08 bits per heavy atom. The van der Waals surface area contributed by atoms with Crippen molar-refractivity contribution < 1.29 is 8.78 Å². The molecule has 0 fully saturated rings. The first-order valence-electron chi connectivity index (χ1n) is 3.10. The largest absolute Gasteiger partial charge is 0.398 e. The molecule has 0 unspecified atom stereocenters. The Hall–Kier alpha value is -0.480. The highest BCUT2D eigenvalue weighted by Gasteiger charge is 2.11. The van der Waals surface area contributed by atoms with Gasteiger partial charge in [-0.1, -0.05) is 29.4 Å². The molecule has 0 saturated heterocycles. The summed E-state index contributed by atoms with van der Waals surface area (Å²) in [5.41, 5.74) is 5.72. The summed E-state index contributed by atoms with van der Waals surface area (Å²) in [6.07, 6.45) is 0. The smallest absolute Gasteiger partial charge is 0.289 e. The maximum atomic E-state index is 11.9. The Morgan fingerprint density at radius 3 is 2.58 bits per heavy atom. The van der Waals surface area contributed by atoms with Crippen LogP contribution in [-0.4, -0.2) is 5.76 Å². The number of thioether (sulfide) groups is 1. The van der Waals surface area contributed by atoms with Gasteiger partial charge in [0.25, 0.3) is 5.76 Å². The summed E-state index contributed by atoms with van der Waals surface area (Å²) < 4.78 is 23.9. The van der Waals surface area contributed by atoms with Crippen LogP contribution in [0.1, 0.15) is 0 Å². The molecule has 0 aliphatic carbocycles. The van der Waals surface area contributed by atoms with E-state index in [2.05, 4.69) is 0 Å². The summed E-state index contributed by atoms with van der Waals surface area (Å²) in [6.45, 7) is 0. The van der Waals surface area contributed by atoms with Gasteiger partial charge in [0.2, 0.25) is 0 Å². The minimum Gasteiger partial charge on any atom is -0.398 e. The Kier molecular flexibility index (Phi) is 3.17. The number of hydrogen-bond donors (Lipinski definition) is 1. The van der Waals surface area contributed by atoms with Gasteiger partial charge >= 0.3 is 0 Å². The molecule has 0 aliphatic rings. The third-order valence-corrected chi connectivity index (χ3v) is 2.50. The van der Waals surface area contributed by atoms with E-state index >= 15 is 0 Å². The van der Waals surface area contributed by atoms with Crippen molar-refractivity contribution in [2.24, 2.45) is 0 Å². The molecule has 1 rings (SSSR count). The summed E-state index contributed by atoms with van der Waals surface area (Å²) in [5.74, 6) is -2.49. The molecule has 1 aromatic rings. The van der Waals surface area contributed by atoms with Crippen molar-refractivity contribution in [2.75, 3.05) is 5.73 Å². The van der Waals surface area contributed by atoms with Gasteiger partial charge in [-0.2, -0.15) is 8.78 Å². The van der Waals surface area contributed by atoms with E-state index in [-0.39, 0.29) is 15.6 Å². The fourth-order valence-electron chi connectivity index (χ4n) is 0.739. The first-order chi connectivity index (χ1) is 5.61. The summed E-state index contributed by atoms with van der Waals surface area (Å²) in [4.78, 5) is 0.245. The molecule has 0 amide bonds. The molecule has 0 bridgehead atoms. The molecule has 0 radical (unpaired) electrons. The van der Waals surface area contributed by atoms with Crippen molar-refractivity contribution in [3.63, 3.8) is 0 Å². The Labute approximate surface area is 77.9 Å². The van der Waals surface area contributed by atoms with Crippen LogP contribution in [0.25, 0.3) is 0 Å². The summed E-state index contributed by atoms with van der Waals surface area (Å²) in [5, 5.41) is 0.264. The van der Waals surface area contributed by atoms with Gasteiger partial charge in [-0.05, 0) is 12.1 Å². The van der Waals surface area contributed by atoms with E-state index in [1.807, 2.05) is 0 Å². The van der Waals surface area contributed by atoms with Crippen molar-refractivity contribution in [3.05, 3.63) is 23.2 Å². The first-order valence-corrected chi connectivity index (χ1v) is 4.36. The van der Waals surface area contributed by atoms with Gasteiger partial charge in [0, 0.05) is 5.69 Å². The predicted octanol–water partition coefficient (Wildman–Crippen LogP) is 3.24. The highest BCUT2D eigenvalue weighted by atomic mass is 35.5. The van der Waals surface area contributed by atoms with Crippen LogP contribution in [0.15, 0.2) is 23.1 Å². The van der Waals surface area contributed by atoms with Crippen LogP contribution >= 0.6 is 23.4 Å². The molecule has 0 saturated carbocycles. The lowest BCUT2D eigenvalue weighted by Crippen LogP contribution is -1.91. The van der Waals surface area contributed by atoms with Crippen LogP contribution in [0.4, 0.5) is 14.5 Å². The van der Waals surface area contributed by atoms with Gasteiger partial charge in [-0.15, -0.1) is 0 Å². The van der Waals surface area contributed by atoms with E-state index in [0.717, 1.165) is 0 Å². The zero-order valence-corrected chi connectivity index (χ0v) is 7.50. The van der Waals surface area contributed by atoms with Crippen LogP contribution in [-0.2, 0) is 0 Å². The standard InChI is InChI=1S/C7H6ClF2NS/c8-4-2-1-3-5(11)6(4)12-7(9)10/h1-3,7H,11H2. The van der Waals surface area contributed by atoms with Crippen LogP contribution in [0.3, 0.4) is 0 Å². The molecule has 5 heteroatoms. The molecular weight excluding hydrogens is 204 g/mol. The van der Waals surface area contributed by atoms with Gasteiger partial charge in [-0.25, -0.2) is 0 Å². The number of anilines is 1. The van der Waals surface area contributed by atoms with Gasteiger partial charge < -0.3 is 5.73 Å². The zero-order chi connectivity index (χ0) is 9.14. The molecule has 0 aromatic heterocycles. The quantitative estimate of drug-likeness (QED) is 0.598. The minimum atomic E-state index is -2.49. The van der Waals surface area contributed by atoms with Crippen molar-refractivity contribution in [1.82, 2.24) is 0 Å². The maximum Gasteiger partial charge on any atom is 0.289 e. The van der Waals surface area contributed by atoms with Gasteiger partial charge in [-0.3, -0.25) is 0 Å². The third kappa shape index (κ3) is 2.25. The Morgan fingerprint density at radius 1 is 1.42 bits per heavy atom. The van der Waals surface area contributed by atoms with Crippen LogP contribution in [0, 0.1) is 0 Å². The van der Waals surface area contributed by atoms with Crippen LogP contribution < -0.4 is 5.73 Å². The van der Waals surface area contributed by atoms with Crippen molar-refractivity contribution in [2.45, 2.75) is 10.7 Å². The molecule has 0 heterocycles. The predicted molar refractivity (Wildman–Crippen MR) is 47.7 cm³/mol. The Bertz CT molecular complexity index is 260. The molecule has 12 heavy (non-hydrogen) atoms. The lowest BCUT2D eigenvalue weighted by molar-refractivity contribution is 0.252. The van der Waals surface area contributed by atoms with Crippen molar-refractivity contribution in [3.8, 4) is 0 Å². The topological polar surface area (TPSA) is 26.0 Å². The van der Waals surface area contributed by atoms with E-state index < -0.39 is 5.76 Å². The SMILES string of the molecule is Nc1cccc(Cl)c1SC(F)F. The van der Waals surface area contributed by atoms with Gasteiger partial charge in [0.1, 0.15) is 0 Å². The average molecular weight is 210 g/mol. The highest BCUT2D eigenvalue weighted by molar-refractivity contribution is 7.99. The number of hydrogen-bond acceptors (Lipinski definition) is 2. The van der Waals surface area contributed by atoms with E-state index in [4.69, 9.17) is 17.3 Å². The number of benzene rings is 1. The second kappa shape index (κ2) is 3.96. The number of nitrogen functional groups attached to an aromatic ring is 1. The second-order valence-corrected chi connectivity index (χ2v) is 3.44. The van der Waals surface area contributed by atoms with E-state index in [1.165, 1.54) is 12.1 Å². The maximum absolute atomic E-state index is 11.9. The van der Waals surface area contributed by atoms with E-state index in [1.54, 1.807) is 6.07 Å². The lowest BCUT2D eigenvalue weighted by Gasteiger charge is -2.05. The zero-order valence-electron chi connectivity index (χ0n) is 5.93.